The number of carbonyl (C=O) groups excluding carboxylic acids is 1. The van der Waals surface area contributed by atoms with E-state index in [1.807, 2.05) is 0 Å². The highest BCUT2D eigenvalue weighted by Gasteiger charge is 2.03. The Kier molecular flexibility index (Phi) is 3.19. The quantitative estimate of drug-likeness (QED) is 0.839. The van der Waals surface area contributed by atoms with Gasteiger partial charge in [0.05, 0.1) is 0 Å². The molecule has 2 rings (SSSR count). The summed E-state index contributed by atoms with van der Waals surface area (Å²) in [6, 6.07) is 13.7. The monoisotopic (exact) mass is 229 g/mol. The molecule has 0 unspecified atom stereocenters. The van der Waals surface area contributed by atoms with Crippen molar-refractivity contribution in [3.8, 4) is 11.1 Å². The van der Waals surface area contributed by atoms with Crippen LogP contribution in [-0.4, -0.2) is 5.91 Å². The number of hydrogen-bond donors (Lipinski definition) is 1. The maximum Gasteiger partial charge on any atom is 0.221 e. The summed E-state index contributed by atoms with van der Waals surface area (Å²) in [5.74, 6) is -0.372. The first-order valence-corrected chi connectivity index (χ1v) is 5.29. The number of benzene rings is 2. The fourth-order valence-electron chi connectivity index (χ4n) is 1.63. The third kappa shape index (κ3) is 2.69. The van der Waals surface area contributed by atoms with Crippen molar-refractivity contribution in [3.63, 3.8) is 0 Å². The summed E-state index contributed by atoms with van der Waals surface area (Å²) >= 11 is 0. The summed E-state index contributed by atoms with van der Waals surface area (Å²) in [6.07, 6.45) is 0. The molecular formula is C14H12FNO. The third-order valence-electron chi connectivity index (χ3n) is 2.39. The first-order valence-electron chi connectivity index (χ1n) is 5.29. The van der Waals surface area contributed by atoms with Gasteiger partial charge in [0.2, 0.25) is 5.91 Å². The van der Waals surface area contributed by atoms with E-state index in [0.717, 1.165) is 5.56 Å². The molecule has 0 aromatic heterocycles. The van der Waals surface area contributed by atoms with Gasteiger partial charge < -0.3 is 5.32 Å². The normalized spacial score (nSPS) is 10.0. The van der Waals surface area contributed by atoms with Crippen LogP contribution >= 0.6 is 0 Å². The summed E-state index contributed by atoms with van der Waals surface area (Å²) in [5.41, 5.74) is 2.05. The molecule has 0 fully saturated rings. The van der Waals surface area contributed by atoms with Gasteiger partial charge in [0.25, 0.3) is 0 Å². The highest BCUT2D eigenvalue weighted by molar-refractivity contribution is 5.89. The minimum atomic E-state index is -0.250. The van der Waals surface area contributed by atoms with Crippen LogP contribution in [0.1, 0.15) is 6.92 Å². The smallest absolute Gasteiger partial charge is 0.221 e. The number of hydrogen-bond acceptors (Lipinski definition) is 1. The Morgan fingerprint density at radius 2 is 1.71 bits per heavy atom. The van der Waals surface area contributed by atoms with Gasteiger partial charge in [-0.15, -0.1) is 0 Å². The lowest BCUT2D eigenvalue weighted by Gasteiger charge is -2.05. The molecule has 2 aromatic carbocycles. The zero-order chi connectivity index (χ0) is 12.3. The fourth-order valence-corrected chi connectivity index (χ4v) is 1.63. The molecule has 17 heavy (non-hydrogen) atoms. The summed E-state index contributed by atoms with van der Waals surface area (Å²) < 4.78 is 13.5. The van der Waals surface area contributed by atoms with E-state index in [1.54, 1.807) is 42.5 Å². The average Bonchev–Trinajstić information content (AvgIpc) is 2.30. The molecule has 0 saturated carbocycles. The molecular weight excluding hydrogens is 217 g/mol. The van der Waals surface area contributed by atoms with Crippen molar-refractivity contribution in [1.29, 1.82) is 0 Å². The minimum Gasteiger partial charge on any atom is -0.326 e. The maximum absolute atomic E-state index is 13.5. The zero-order valence-electron chi connectivity index (χ0n) is 9.41. The van der Waals surface area contributed by atoms with Gasteiger partial charge in [0.15, 0.2) is 0 Å². The Labute approximate surface area is 99.1 Å². The molecule has 86 valence electrons. The van der Waals surface area contributed by atoms with Crippen LogP contribution in [0.4, 0.5) is 10.1 Å². The van der Waals surface area contributed by atoms with Crippen LogP contribution in [-0.2, 0) is 4.79 Å². The van der Waals surface area contributed by atoms with Crippen LogP contribution in [0.3, 0.4) is 0 Å². The molecule has 0 saturated heterocycles. The number of rotatable bonds is 2. The molecule has 0 aliphatic rings. The summed E-state index contributed by atoms with van der Waals surface area (Å²) in [5, 5.41) is 2.67. The van der Waals surface area contributed by atoms with Crippen molar-refractivity contribution in [2.45, 2.75) is 6.92 Å². The Morgan fingerprint density at radius 3 is 2.29 bits per heavy atom. The van der Waals surface area contributed by atoms with E-state index in [1.165, 1.54) is 13.0 Å². The van der Waals surface area contributed by atoms with Crippen molar-refractivity contribution in [2.24, 2.45) is 0 Å². The van der Waals surface area contributed by atoms with Crippen LogP contribution in [0.15, 0.2) is 48.5 Å². The predicted molar refractivity (Wildman–Crippen MR) is 66.1 cm³/mol. The van der Waals surface area contributed by atoms with Gasteiger partial charge in [-0.3, -0.25) is 4.79 Å². The van der Waals surface area contributed by atoms with Crippen LogP contribution in [0, 0.1) is 5.82 Å². The molecule has 3 heteroatoms. The van der Waals surface area contributed by atoms with Crippen molar-refractivity contribution in [3.05, 3.63) is 54.3 Å². The second kappa shape index (κ2) is 4.78. The summed E-state index contributed by atoms with van der Waals surface area (Å²) in [4.78, 5) is 10.9. The Morgan fingerprint density at radius 1 is 1.06 bits per heavy atom. The second-order valence-electron chi connectivity index (χ2n) is 3.74. The Bertz CT molecular complexity index is 534. The van der Waals surface area contributed by atoms with Crippen molar-refractivity contribution >= 4 is 11.6 Å². The lowest BCUT2D eigenvalue weighted by molar-refractivity contribution is -0.114. The molecule has 0 bridgehead atoms. The molecule has 0 heterocycles. The molecule has 0 aliphatic heterocycles. The SMILES string of the molecule is CC(=O)Nc1ccc(-c2ccccc2F)cc1. The standard InChI is InChI=1S/C14H12FNO/c1-10(17)16-12-8-6-11(7-9-12)13-4-2-3-5-14(13)15/h2-9H,1H3,(H,16,17). The van der Waals surface area contributed by atoms with E-state index < -0.39 is 0 Å². The number of halogens is 1. The fraction of sp³-hybridized carbons (Fsp3) is 0.0714. The zero-order valence-corrected chi connectivity index (χ0v) is 9.41. The first-order chi connectivity index (χ1) is 8.16. The topological polar surface area (TPSA) is 29.1 Å². The van der Waals surface area contributed by atoms with Crippen LogP contribution < -0.4 is 5.32 Å². The van der Waals surface area contributed by atoms with E-state index in [2.05, 4.69) is 5.32 Å². The molecule has 1 N–H and O–H groups in total. The highest BCUT2D eigenvalue weighted by atomic mass is 19.1. The lowest BCUT2D eigenvalue weighted by atomic mass is 10.0. The van der Waals surface area contributed by atoms with Crippen LogP contribution in [0.25, 0.3) is 11.1 Å². The van der Waals surface area contributed by atoms with Crippen molar-refractivity contribution < 1.29 is 9.18 Å². The molecule has 0 spiro atoms. The number of carbonyl (C=O) groups is 1. The van der Waals surface area contributed by atoms with Gasteiger partial charge in [0, 0.05) is 18.2 Å². The largest absolute Gasteiger partial charge is 0.326 e. The first kappa shape index (κ1) is 11.3. The molecule has 2 aromatic rings. The molecule has 0 aliphatic carbocycles. The Hall–Kier alpha value is -2.16. The minimum absolute atomic E-state index is 0.122. The van der Waals surface area contributed by atoms with Gasteiger partial charge in [-0.05, 0) is 23.8 Å². The van der Waals surface area contributed by atoms with Gasteiger partial charge >= 0.3 is 0 Å². The summed E-state index contributed by atoms with van der Waals surface area (Å²) in [6.45, 7) is 1.45. The predicted octanol–water partition coefficient (Wildman–Crippen LogP) is 3.45. The van der Waals surface area contributed by atoms with Gasteiger partial charge in [-0.25, -0.2) is 4.39 Å². The third-order valence-corrected chi connectivity index (χ3v) is 2.39. The molecule has 1 amide bonds. The maximum atomic E-state index is 13.5. The van der Waals surface area contributed by atoms with Gasteiger partial charge in [0.1, 0.15) is 5.82 Å². The van der Waals surface area contributed by atoms with Crippen molar-refractivity contribution in [2.75, 3.05) is 5.32 Å². The average molecular weight is 229 g/mol. The van der Waals surface area contributed by atoms with E-state index in [0.29, 0.717) is 11.3 Å². The number of nitrogens with one attached hydrogen (secondary N) is 1. The van der Waals surface area contributed by atoms with E-state index in [4.69, 9.17) is 0 Å². The highest BCUT2D eigenvalue weighted by Crippen LogP contribution is 2.23. The molecule has 2 nitrogen and oxygen atoms in total. The van der Waals surface area contributed by atoms with E-state index >= 15 is 0 Å². The molecule has 0 radical (unpaired) electrons. The lowest BCUT2D eigenvalue weighted by Crippen LogP contribution is -2.05. The number of anilines is 1. The molecule has 0 atom stereocenters. The number of amides is 1. The second-order valence-corrected chi connectivity index (χ2v) is 3.74. The van der Waals surface area contributed by atoms with Gasteiger partial charge in [-0.1, -0.05) is 30.3 Å². The van der Waals surface area contributed by atoms with Gasteiger partial charge in [-0.2, -0.15) is 0 Å². The summed E-state index contributed by atoms with van der Waals surface area (Å²) in [7, 11) is 0. The van der Waals surface area contributed by atoms with E-state index in [-0.39, 0.29) is 11.7 Å². The van der Waals surface area contributed by atoms with Crippen molar-refractivity contribution in [1.82, 2.24) is 0 Å². The van der Waals surface area contributed by atoms with E-state index in [9.17, 15) is 9.18 Å². The van der Waals surface area contributed by atoms with Crippen LogP contribution in [0.5, 0.6) is 0 Å². The Balaban J connectivity index is 2.30. The van der Waals surface area contributed by atoms with Crippen LogP contribution in [0.2, 0.25) is 0 Å².